The normalized spacial score (nSPS) is 12.8. The van der Waals surface area contributed by atoms with Gasteiger partial charge in [-0.2, -0.15) is 0 Å². The van der Waals surface area contributed by atoms with E-state index in [4.69, 9.17) is 4.74 Å². The van der Waals surface area contributed by atoms with Crippen LogP contribution in [0.3, 0.4) is 0 Å². The molecule has 0 radical (unpaired) electrons. The molecule has 0 unspecified atom stereocenters. The molecular formula is C9H9N3O5. The van der Waals surface area contributed by atoms with E-state index in [1.165, 1.54) is 13.2 Å². The van der Waals surface area contributed by atoms with Crippen LogP contribution >= 0.6 is 0 Å². The third kappa shape index (κ3) is 1.63. The first-order valence-electron chi connectivity index (χ1n) is 4.82. The maximum Gasteiger partial charge on any atom is 0.389 e. The molecule has 1 heterocycles. The second-order valence-corrected chi connectivity index (χ2v) is 3.50. The lowest BCUT2D eigenvalue weighted by Crippen LogP contribution is -2.03. The summed E-state index contributed by atoms with van der Waals surface area (Å²) in [6.45, 7) is 0.528. The molecule has 0 spiro atoms. The minimum atomic E-state index is -0.794. The van der Waals surface area contributed by atoms with Gasteiger partial charge in [0, 0.05) is 6.54 Å². The summed E-state index contributed by atoms with van der Waals surface area (Å²) >= 11 is 0. The second kappa shape index (κ2) is 3.89. The van der Waals surface area contributed by atoms with Crippen LogP contribution in [0.25, 0.3) is 0 Å². The summed E-state index contributed by atoms with van der Waals surface area (Å²) in [5.41, 5.74) is -0.242. The van der Waals surface area contributed by atoms with E-state index in [0.717, 1.165) is 0 Å². The topological polar surface area (TPSA) is 108 Å². The lowest BCUT2D eigenvalue weighted by molar-refractivity contribution is -0.422. The molecule has 0 saturated carbocycles. The fourth-order valence-electron chi connectivity index (χ4n) is 1.91. The van der Waals surface area contributed by atoms with Gasteiger partial charge >= 0.3 is 11.4 Å². The second-order valence-electron chi connectivity index (χ2n) is 3.50. The zero-order chi connectivity index (χ0) is 12.6. The van der Waals surface area contributed by atoms with E-state index >= 15 is 0 Å². The Morgan fingerprint density at radius 3 is 2.47 bits per heavy atom. The summed E-state index contributed by atoms with van der Waals surface area (Å²) in [6, 6.07) is 1.47. The minimum absolute atomic E-state index is 0.0795. The Hall–Kier alpha value is -2.38. The van der Waals surface area contributed by atoms with Crippen LogP contribution < -0.4 is 10.1 Å². The van der Waals surface area contributed by atoms with Crippen molar-refractivity contribution in [1.82, 2.24) is 0 Å². The predicted molar refractivity (Wildman–Crippen MR) is 58.5 cm³/mol. The molecule has 90 valence electrons. The van der Waals surface area contributed by atoms with Crippen LogP contribution in [0.15, 0.2) is 6.07 Å². The quantitative estimate of drug-likeness (QED) is 0.632. The van der Waals surface area contributed by atoms with Gasteiger partial charge in [-0.3, -0.25) is 20.2 Å². The first-order valence-corrected chi connectivity index (χ1v) is 4.82. The van der Waals surface area contributed by atoms with Crippen molar-refractivity contribution in [3.05, 3.63) is 31.9 Å². The van der Waals surface area contributed by atoms with Crippen molar-refractivity contribution in [2.24, 2.45) is 0 Å². The van der Waals surface area contributed by atoms with Crippen molar-refractivity contribution in [2.45, 2.75) is 6.42 Å². The number of fused-ring (bicyclic) bond motifs is 1. The zero-order valence-electron chi connectivity index (χ0n) is 8.93. The average molecular weight is 239 g/mol. The Bertz CT molecular complexity index is 514. The molecule has 1 aromatic carbocycles. The predicted octanol–water partition coefficient (Wildman–Crippen LogP) is 1.48. The van der Waals surface area contributed by atoms with Crippen LogP contribution in [-0.2, 0) is 6.42 Å². The summed E-state index contributed by atoms with van der Waals surface area (Å²) in [4.78, 5) is 20.3. The van der Waals surface area contributed by atoms with E-state index in [2.05, 4.69) is 5.32 Å². The molecule has 0 amide bonds. The van der Waals surface area contributed by atoms with Crippen molar-refractivity contribution in [3.63, 3.8) is 0 Å². The number of methoxy groups -OCH3 is 1. The number of hydrogen-bond donors (Lipinski definition) is 1. The van der Waals surface area contributed by atoms with Crippen molar-refractivity contribution < 1.29 is 14.6 Å². The van der Waals surface area contributed by atoms with Gasteiger partial charge in [-0.1, -0.05) is 0 Å². The Morgan fingerprint density at radius 2 is 1.94 bits per heavy atom. The van der Waals surface area contributed by atoms with Gasteiger partial charge in [-0.15, -0.1) is 0 Å². The van der Waals surface area contributed by atoms with Crippen molar-refractivity contribution in [2.75, 3.05) is 19.0 Å². The first kappa shape index (κ1) is 11.1. The lowest BCUT2D eigenvalue weighted by atomic mass is 10.1. The maximum atomic E-state index is 11.0. The fraction of sp³-hybridized carbons (Fsp3) is 0.333. The van der Waals surface area contributed by atoms with Crippen LogP contribution in [0, 0.1) is 20.2 Å². The van der Waals surface area contributed by atoms with Gasteiger partial charge in [0.2, 0.25) is 5.75 Å². The highest BCUT2D eigenvalue weighted by Gasteiger charge is 2.37. The summed E-state index contributed by atoms with van der Waals surface area (Å²) in [7, 11) is 1.25. The molecule has 0 aromatic heterocycles. The highest BCUT2D eigenvalue weighted by atomic mass is 16.6. The van der Waals surface area contributed by atoms with E-state index in [9.17, 15) is 20.2 Å². The number of nitrogens with zero attached hydrogens (tertiary/aromatic N) is 2. The van der Waals surface area contributed by atoms with Crippen molar-refractivity contribution in [1.29, 1.82) is 0 Å². The van der Waals surface area contributed by atoms with E-state index in [1.807, 2.05) is 0 Å². The molecule has 8 heteroatoms. The highest BCUT2D eigenvalue weighted by Crippen LogP contribution is 2.46. The van der Waals surface area contributed by atoms with Gasteiger partial charge in [0.1, 0.15) is 5.69 Å². The number of ether oxygens (including phenoxy) is 1. The van der Waals surface area contributed by atoms with Gasteiger partial charge in [0.15, 0.2) is 0 Å². The van der Waals surface area contributed by atoms with Gasteiger partial charge in [0.05, 0.1) is 17.0 Å². The summed E-state index contributed by atoms with van der Waals surface area (Å²) in [6.07, 6.45) is 0.588. The number of hydrogen-bond acceptors (Lipinski definition) is 6. The molecule has 0 fully saturated rings. The van der Waals surface area contributed by atoms with Crippen molar-refractivity contribution >= 4 is 17.1 Å². The SMILES string of the molecule is COc1cc2c(c([N+](=O)[O-])c1[N+](=O)[O-])NCC2. The first-order chi connectivity index (χ1) is 8.06. The van der Waals surface area contributed by atoms with Gasteiger partial charge in [0.25, 0.3) is 0 Å². The number of nitro benzene ring substituents is 2. The number of anilines is 1. The third-order valence-corrected chi connectivity index (χ3v) is 2.60. The number of nitro groups is 2. The van der Waals surface area contributed by atoms with Crippen LogP contribution in [0.4, 0.5) is 17.1 Å². The highest BCUT2D eigenvalue weighted by molar-refractivity contribution is 5.81. The smallest absolute Gasteiger partial charge is 0.389 e. The number of rotatable bonds is 3. The van der Waals surface area contributed by atoms with E-state index in [-0.39, 0.29) is 11.4 Å². The molecule has 1 aromatic rings. The molecular weight excluding hydrogens is 230 g/mol. The van der Waals surface area contributed by atoms with E-state index in [0.29, 0.717) is 18.5 Å². The minimum Gasteiger partial charge on any atom is -0.490 e. The number of benzene rings is 1. The van der Waals surface area contributed by atoms with E-state index < -0.39 is 21.2 Å². The van der Waals surface area contributed by atoms with Crippen molar-refractivity contribution in [3.8, 4) is 5.75 Å². The molecule has 1 aliphatic heterocycles. The molecule has 0 saturated heterocycles. The summed E-state index contributed by atoms with van der Waals surface area (Å²) in [5, 5.41) is 24.7. The summed E-state index contributed by atoms with van der Waals surface area (Å²) in [5.74, 6) is -0.0795. The standard InChI is InChI=1S/C9H9N3O5/c1-17-6-4-5-2-3-10-7(5)9(12(15)16)8(6)11(13)14/h4,10H,2-3H2,1H3. The van der Waals surface area contributed by atoms with Gasteiger partial charge in [-0.25, -0.2) is 0 Å². The van der Waals surface area contributed by atoms with Crippen LogP contribution in [-0.4, -0.2) is 23.5 Å². The third-order valence-electron chi connectivity index (χ3n) is 2.60. The van der Waals surface area contributed by atoms with Crippen LogP contribution in [0.2, 0.25) is 0 Å². The molecule has 1 N–H and O–H groups in total. The van der Waals surface area contributed by atoms with Gasteiger partial charge in [-0.05, 0) is 18.1 Å². The molecule has 8 nitrogen and oxygen atoms in total. The Labute approximate surface area is 95.5 Å². The molecule has 1 aliphatic rings. The van der Waals surface area contributed by atoms with Crippen LogP contribution in [0.1, 0.15) is 5.56 Å². The Kier molecular flexibility index (Phi) is 2.54. The fourth-order valence-corrected chi connectivity index (χ4v) is 1.91. The average Bonchev–Trinajstić information content (AvgIpc) is 2.73. The van der Waals surface area contributed by atoms with E-state index in [1.54, 1.807) is 0 Å². The molecule has 17 heavy (non-hydrogen) atoms. The van der Waals surface area contributed by atoms with Gasteiger partial charge < -0.3 is 10.1 Å². The Balaban J connectivity index is 2.79. The number of nitrogens with one attached hydrogen (secondary N) is 1. The Morgan fingerprint density at radius 1 is 1.29 bits per heavy atom. The molecule has 0 bridgehead atoms. The summed E-state index contributed by atoms with van der Waals surface area (Å²) < 4.78 is 4.85. The molecule has 0 atom stereocenters. The molecule has 0 aliphatic carbocycles. The zero-order valence-corrected chi connectivity index (χ0v) is 8.93. The maximum absolute atomic E-state index is 11.0. The lowest BCUT2D eigenvalue weighted by Gasteiger charge is -2.06. The largest absolute Gasteiger partial charge is 0.490 e. The molecule has 2 rings (SSSR count). The monoisotopic (exact) mass is 239 g/mol. The van der Waals surface area contributed by atoms with Crippen LogP contribution in [0.5, 0.6) is 5.75 Å².